The monoisotopic (exact) mass is 232 g/mol. The van der Waals surface area contributed by atoms with Gasteiger partial charge in [-0.1, -0.05) is 12.1 Å². The van der Waals surface area contributed by atoms with Crippen LogP contribution in [0.4, 0.5) is 0 Å². The van der Waals surface area contributed by atoms with Crippen LogP contribution >= 0.6 is 0 Å². The normalized spacial score (nSPS) is 10.2. The van der Waals surface area contributed by atoms with E-state index in [-0.39, 0.29) is 5.75 Å². The molecule has 1 N–H and O–H groups in total. The van der Waals surface area contributed by atoms with Gasteiger partial charge in [0.05, 0.1) is 19.0 Å². The number of phenolic OH excluding ortho intramolecular Hbond substituents is 1. The zero-order valence-electron chi connectivity index (χ0n) is 9.54. The highest BCUT2D eigenvalue weighted by Crippen LogP contribution is 2.22. The molecule has 88 valence electrons. The third-order valence-corrected chi connectivity index (χ3v) is 2.53. The first-order chi connectivity index (χ1) is 8.15. The molecule has 1 heterocycles. The van der Waals surface area contributed by atoms with Crippen molar-refractivity contribution >= 4 is 5.97 Å². The summed E-state index contributed by atoms with van der Waals surface area (Å²) < 4.78 is 6.14. The number of carbonyl (C=O) groups is 1. The zero-order chi connectivity index (χ0) is 12.4. The van der Waals surface area contributed by atoms with Gasteiger partial charge >= 0.3 is 5.97 Å². The maximum Gasteiger partial charge on any atom is 0.341 e. The Morgan fingerprint density at radius 2 is 2.12 bits per heavy atom. The number of phenols is 1. The molecule has 17 heavy (non-hydrogen) atoms. The summed E-state index contributed by atoms with van der Waals surface area (Å²) in [5, 5.41) is 13.8. The standard InChI is InChI=1S/C12H12N2O3/c1-8-9(12(16)17-2)7-13-14(8)10-5-3-4-6-11(10)15/h3-7,15H,1-2H3. The van der Waals surface area contributed by atoms with Crippen LogP contribution in [0.1, 0.15) is 16.1 Å². The van der Waals surface area contributed by atoms with E-state index in [1.807, 2.05) is 0 Å². The van der Waals surface area contributed by atoms with E-state index in [0.717, 1.165) is 0 Å². The Balaban J connectivity index is 2.52. The second kappa shape index (κ2) is 4.29. The van der Waals surface area contributed by atoms with Crippen molar-refractivity contribution in [2.75, 3.05) is 7.11 Å². The summed E-state index contributed by atoms with van der Waals surface area (Å²) in [5.74, 6) is -0.334. The maximum absolute atomic E-state index is 11.4. The average Bonchev–Trinajstić information content (AvgIpc) is 2.71. The molecular weight excluding hydrogens is 220 g/mol. The summed E-state index contributed by atoms with van der Waals surface area (Å²) in [5.41, 5.74) is 1.54. The second-order valence-corrected chi connectivity index (χ2v) is 3.54. The molecular formula is C12H12N2O3. The molecule has 0 atom stereocenters. The van der Waals surface area contributed by atoms with Crippen LogP contribution in [-0.2, 0) is 4.74 Å². The molecule has 2 rings (SSSR count). The van der Waals surface area contributed by atoms with Crippen molar-refractivity contribution in [2.24, 2.45) is 0 Å². The van der Waals surface area contributed by atoms with Crippen molar-refractivity contribution < 1.29 is 14.6 Å². The van der Waals surface area contributed by atoms with Crippen molar-refractivity contribution in [3.8, 4) is 11.4 Å². The third-order valence-electron chi connectivity index (χ3n) is 2.53. The lowest BCUT2D eigenvalue weighted by molar-refractivity contribution is 0.0600. The summed E-state index contributed by atoms with van der Waals surface area (Å²) >= 11 is 0. The van der Waals surface area contributed by atoms with Crippen LogP contribution in [0.5, 0.6) is 5.75 Å². The van der Waals surface area contributed by atoms with Crippen molar-refractivity contribution in [1.82, 2.24) is 9.78 Å². The molecule has 0 unspecified atom stereocenters. The van der Waals surface area contributed by atoms with Crippen molar-refractivity contribution in [3.63, 3.8) is 0 Å². The lowest BCUT2D eigenvalue weighted by atomic mass is 10.2. The summed E-state index contributed by atoms with van der Waals surface area (Å²) in [4.78, 5) is 11.4. The topological polar surface area (TPSA) is 64.3 Å². The van der Waals surface area contributed by atoms with E-state index >= 15 is 0 Å². The molecule has 0 aliphatic rings. The first kappa shape index (κ1) is 11.2. The Bertz CT molecular complexity index is 561. The molecule has 0 aliphatic heterocycles. The Morgan fingerprint density at radius 3 is 2.76 bits per heavy atom. The maximum atomic E-state index is 11.4. The SMILES string of the molecule is COC(=O)c1cnn(-c2ccccc2O)c1C. The van der Waals surface area contributed by atoms with Crippen LogP contribution in [-0.4, -0.2) is 28.0 Å². The van der Waals surface area contributed by atoms with Gasteiger partial charge in [-0.3, -0.25) is 0 Å². The number of hydrogen-bond donors (Lipinski definition) is 1. The molecule has 0 radical (unpaired) electrons. The van der Waals surface area contributed by atoms with E-state index in [2.05, 4.69) is 9.84 Å². The van der Waals surface area contributed by atoms with Gasteiger partial charge in [0.1, 0.15) is 17.0 Å². The van der Waals surface area contributed by atoms with E-state index in [0.29, 0.717) is 16.9 Å². The number of rotatable bonds is 2. The number of aromatic nitrogens is 2. The van der Waals surface area contributed by atoms with Gasteiger partial charge in [0.15, 0.2) is 0 Å². The quantitative estimate of drug-likeness (QED) is 0.800. The van der Waals surface area contributed by atoms with Crippen molar-refractivity contribution in [1.29, 1.82) is 0 Å². The molecule has 0 saturated carbocycles. The largest absolute Gasteiger partial charge is 0.506 e. The number of carbonyl (C=O) groups excluding carboxylic acids is 1. The van der Waals surface area contributed by atoms with Gasteiger partial charge < -0.3 is 9.84 Å². The summed E-state index contributed by atoms with van der Waals surface area (Å²) in [7, 11) is 1.32. The Labute approximate surface area is 98.3 Å². The second-order valence-electron chi connectivity index (χ2n) is 3.54. The number of esters is 1. The smallest absolute Gasteiger partial charge is 0.341 e. The number of hydrogen-bond acceptors (Lipinski definition) is 4. The summed E-state index contributed by atoms with van der Waals surface area (Å²) in [6, 6.07) is 6.79. The van der Waals surface area contributed by atoms with E-state index in [1.165, 1.54) is 18.0 Å². The number of aromatic hydroxyl groups is 1. The van der Waals surface area contributed by atoms with E-state index in [9.17, 15) is 9.90 Å². The minimum absolute atomic E-state index is 0.107. The predicted octanol–water partition coefficient (Wildman–Crippen LogP) is 1.67. The fourth-order valence-corrected chi connectivity index (χ4v) is 1.61. The predicted molar refractivity (Wildman–Crippen MR) is 61.3 cm³/mol. The van der Waals surface area contributed by atoms with E-state index in [4.69, 9.17) is 0 Å². The van der Waals surface area contributed by atoms with E-state index in [1.54, 1.807) is 31.2 Å². The summed E-state index contributed by atoms with van der Waals surface area (Å²) in [6.07, 6.45) is 1.42. The number of nitrogens with zero attached hydrogens (tertiary/aromatic N) is 2. The minimum atomic E-state index is -0.441. The molecule has 0 aliphatic carbocycles. The first-order valence-corrected chi connectivity index (χ1v) is 5.06. The van der Waals surface area contributed by atoms with Gasteiger partial charge in [-0.25, -0.2) is 9.48 Å². The summed E-state index contributed by atoms with van der Waals surface area (Å²) in [6.45, 7) is 1.74. The highest BCUT2D eigenvalue weighted by molar-refractivity contribution is 5.90. The average molecular weight is 232 g/mol. The molecule has 0 spiro atoms. The molecule has 5 nitrogen and oxygen atoms in total. The molecule has 1 aromatic carbocycles. The molecule has 0 bridgehead atoms. The zero-order valence-corrected chi connectivity index (χ0v) is 9.54. The van der Waals surface area contributed by atoms with Gasteiger partial charge in [0.25, 0.3) is 0 Å². The van der Waals surface area contributed by atoms with Gasteiger partial charge in [0, 0.05) is 0 Å². The Morgan fingerprint density at radius 1 is 1.41 bits per heavy atom. The van der Waals surface area contributed by atoms with Crippen LogP contribution in [0.3, 0.4) is 0 Å². The molecule has 0 fully saturated rings. The van der Waals surface area contributed by atoms with Crippen molar-refractivity contribution in [3.05, 3.63) is 41.7 Å². The highest BCUT2D eigenvalue weighted by Gasteiger charge is 2.16. The van der Waals surface area contributed by atoms with Gasteiger partial charge in [0.2, 0.25) is 0 Å². The Kier molecular flexibility index (Phi) is 2.82. The minimum Gasteiger partial charge on any atom is -0.506 e. The van der Waals surface area contributed by atoms with Crippen LogP contribution in [0.2, 0.25) is 0 Å². The van der Waals surface area contributed by atoms with Crippen LogP contribution in [0.15, 0.2) is 30.5 Å². The molecule has 5 heteroatoms. The van der Waals surface area contributed by atoms with Crippen LogP contribution in [0, 0.1) is 6.92 Å². The lowest BCUT2D eigenvalue weighted by Gasteiger charge is -2.06. The van der Waals surface area contributed by atoms with Gasteiger partial charge in [-0.2, -0.15) is 5.10 Å². The van der Waals surface area contributed by atoms with E-state index < -0.39 is 5.97 Å². The molecule has 0 saturated heterocycles. The van der Waals surface area contributed by atoms with Crippen molar-refractivity contribution in [2.45, 2.75) is 6.92 Å². The molecule has 0 amide bonds. The highest BCUT2D eigenvalue weighted by atomic mass is 16.5. The first-order valence-electron chi connectivity index (χ1n) is 5.06. The Hall–Kier alpha value is -2.30. The van der Waals surface area contributed by atoms with Crippen LogP contribution in [0.25, 0.3) is 5.69 Å². The number of ether oxygens (including phenoxy) is 1. The third kappa shape index (κ3) is 1.87. The lowest BCUT2D eigenvalue weighted by Crippen LogP contribution is -2.04. The molecule has 2 aromatic rings. The number of para-hydroxylation sites is 2. The number of methoxy groups -OCH3 is 1. The fraction of sp³-hybridized carbons (Fsp3) is 0.167. The van der Waals surface area contributed by atoms with Crippen LogP contribution < -0.4 is 0 Å². The van der Waals surface area contributed by atoms with Gasteiger partial charge in [-0.15, -0.1) is 0 Å². The fourth-order valence-electron chi connectivity index (χ4n) is 1.61. The van der Waals surface area contributed by atoms with Gasteiger partial charge in [-0.05, 0) is 19.1 Å². The molecule has 1 aromatic heterocycles. The number of benzene rings is 1.